The van der Waals surface area contributed by atoms with Gasteiger partial charge in [-0.1, -0.05) is 36.4 Å². The molecule has 1 fully saturated rings. The molecule has 2 aromatic rings. The average molecular weight is 228 g/mol. The molecule has 88 valence electrons. The first-order valence-electron chi connectivity index (χ1n) is 6.16. The summed E-state index contributed by atoms with van der Waals surface area (Å²) in [6, 6.07) is 14.6. The zero-order valence-corrected chi connectivity index (χ0v) is 9.73. The third kappa shape index (κ3) is 1.74. The Kier molecular flexibility index (Phi) is 2.61. The topological polar surface area (TPSA) is 29.5 Å². The van der Waals surface area contributed by atoms with E-state index < -0.39 is 5.60 Å². The van der Waals surface area contributed by atoms with Gasteiger partial charge in [-0.2, -0.15) is 0 Å². The van der Waals surface area contributed by atoms with Crippen molar-refractivity contribution in [3.05, 3.63) is 48.0 Å². The van der Waals surface area contributed by atoms with Crippen LogP contribution in [-0.4, -0.2) is 5.26 Å². The fraction of sp³-hybridized carbons (Fsp3) is 0.333. The van der Waals surface area contributed by atoms with Crippen molar-refractivity contribution in [3.63, 3.8) is 0 Å². The SMILES string of the molecule is OOC1(c2ccc3ccccc3c2)CCCC1. The second-order valence-electron chi connectivity index (χ2n) is 4.85. The number of benzene rings is 2. The summed E-state index contributed by atoms with van der Waals surface area (Å²) in [6.45, 7) is 0. The summed E-state index contributed by atoms with van der Waals surface area (Å²) < 4.78 is 0. The molecule has 0 atom stereocenters. The molecule has 0 aromatic heterocycles. The lowest BCUT2D eigenvalue weighted by Gasteiger charge is -2.25. The van der Waals surface area contributed by atoms with E-state index in [0.717, 1.165) is 31.2 Å². The van der Waals surface area contributed by atoms with Gasteiger partial charge in [0.2, 0.25) is 0 Å². The van der Waals surface area contributed by atoms with Crippen molar-refractivity contribution < 1.29 is 10.1 Å². The van der Waals surface area contributed by atoms with Gasteiger partial charge < -0.3 is 0 Å². The summed E-state index contributed by atoms with van der Waals surface area (Å²) in [4.78, 5) is 4.83. The standard InChI is InChI=1S/C15H16O2/c16-17-15(9-3-4-10-15)14-8-7-12-5-1-2-6-13(12)11-14/h1-2,5-8,11,16H,3-4,9-10H2. The fourth-order valence-electron chi connectivity index (χ4n) is 2.85. The minimum absolute atomic E-state index is 0.468. The molecular formula is C15H16O2. The molecule has 1 N–H and O–H groups in total. The van der Waals surface area contributed by atoms with Crippen LogP contribution in [0.2, 0.25) is 0 Å². The van der Waals surface area contributed by atoms with Gasteiger partial charge in [-0.3, -0.25) is 5.26 Å². The lowest BCUT2D eigenvalue weighted by Crippen LogP contribution is -2.24. The summed E-state index contributed by atoms with van der Waals surface area (Å²) in [5.41, 5.74) is 0.625. The highest BCUT2D eigenvalue weighted by Gasteiger charge is 2.37. The van der Waals surface area contributed by atoms with Gasteiger partial charge in [0.25, 0.3) is 0 Å². The number of hydrogen-bond donors (Lipinski definition) is 1. The van der Waals surface area contributed by atoms with E-state index in [2.05, 4.69) is 30.3 Å². The molecule has 0 amide bonds. The molecule has 0 radical (unpaired) electrons. The number of hydrogen-bond acceptors (Lipinski definition) is 2. The van der Waals surface area contributed by atoms with Gasteiger partial charge in [-0.25, -0.2) is 4.89 Å². The van der Waals surface area contributed by atoms with Gasteiger partial charge in [0, 0.05) is 0 Å². The fourth-order valence-corrected chi connectivity index (χ4v) is 2.85. The van der Waals surface area contributed by atoms with Crippen molar-refractivity contribution in [1.29, 1.82) is 0 Å². The smallest absolute Gasteiger partial charge is 0.128 e. The van der Waals surface area contributed by atoms with E-state index in [1.165, 1.54) is 10.8 Å². The number of fused-ring (bicyclic) bond motifs is 1. The van der Waals surface area contributed by atoms with E-state index >= 15 is 0 Å². The van der Waals surface area contributed by atoms with Crippen LogP contribution in [0.15, 0.2) is 42.5 Å². The Balaban J connectivity index is 2.10. The van der Waals surface area contributed by atoms with Crippen molar-refractivity contribution in [3.8, 4) is 0 Å². The zero-order chi connectivity index (χ0) is 11.7. The molecule has 3 rings (SSSR count). The Morgan fingerprint density at radius 3 is 2.35 bits per heavy atom. The highest BCUT2D eigenvalue weighted by atomic mass is 17.1. The summed E-state index contributed by atoms with van der Waals surface area (Å²) in [7, 11) is 0. The Hall–Kier alpha value is -1.38. The maximum atomic E-state index is 9.24. The second kappa shape index (κ2) is 4.13. The predicted molar refractivity (Wildman–Crippen MR) is 67.8 cm³/mol. The minimum atomic E-state index is -0.468. The van der Waals surface area contributed by atoms with Gasteiger partial charge in [0.15, 0.2) is 0 Å². The van der Waals surface area contributed by atoms with E-state index in [4.69, 9.17) is 4.89 Å². The van der Waals surface area contributed by atoms with Crippen LogP contribution in [0.1, 0.15) is 31.2 Å². The normalized spacial score (nSPS) is 18.6. The monoisotopic (exact) mass is 228 g/mol. The molecule has 0 heterocycles. The quantitative estimate of drug-likeness (QED) is 0.619. The van der Waals surface area contributed by atoms with Crippen LogP contribution >= 0.6 is 0 Å². The second-order valence-corrected chi connectivity index (χ2v) is 4.85. The van der Waals surface area contributed by atoms with Crippen molar-refractivity contribution in [2.75, 3.05) is 0 Å². The summed E-state index contributed by atoms with van der Waals surface area (Å²) in [5, 5.41) is 11.7. The lowest BCUT2D eigenvalue weighted by molar-refractivity contribution is -0.327. The molecule has 2 heteroatoms. The molecule has 17 heavy (non-hydrogen) atoms. The van der Waals surface area contributed by atoms with Crippen LogP contribution in [0.4, 0.5) is 0 Å². The molecule has 2 nitrogen and oxygen atoms in total. The van der Waals surface area contributed by atoms with Crippen LogP contribution in [0.25, 0.3) is 10.8 Å². The summed E-state index contributed by atoms with van der Waals surface area (Å²) in [6.07, 6.45) is 4.05. The van der Waals surface area contributed by atoms with Crippen LogP contribution in [0.3, 0.4) is 0 Å². The maximum Gasteiger partial charge on any atom is 0.128 e. The molecule has 1 aliphatic rings. The van der Waals surface area contributed by atoms with Gasteiger partial charge in [-0.15, -0.1) is 0 Å². The van der Waals surface area contributed by atoms with E-state index in [1.54, 1.807) is 0 Å². The average Bonchev–Trinajstić information content (AvgIpc) is 2.88. The Morgan fingerprint density at radius 2 is 1.65 bits per heavy atom. The van der Waals surface area contributed by atoms with Crippen LogP contribution in [0, 0.1) is 0 Å². The lowest BCUT2D eigenvalue weighted by atomic mass is 9.90. The maximum absolute atomic E-state index is 9.24. The largest absolute Gasteiger partial charge is 0.251 e. The number of rotatable bonds is 2. The molecule has 2 aromatic carbocycles. The molecule has 0 unspecified atom stereocenters. The highest BCUT2D eigenvalue weighted by molar-refractivity contribution is 5.83. The molecule has 0 saturated heterocycles. The molecule has 0 bridgehead atoms. The third-order valence-corrected chi connectivity index (χ3v) is 3.86. The van der Waals surface area contributed by atoms with Crippen LogP contribution in [-0.2, 0) is 10.5 Å². The van der Waals surface area contributed by atoms with Gasteiger partial charge in [0.1, 0.15) is 5.60 Å². The van der Waals surface area contributed by atoms with Gasteiger partial charge >= 0.3 is 0 Å². The third-order valence-electron chi connectivity index (χ3n) is 3.86. The van der Waals surface area contributed by atoms with E-state index in [-0.39, 0.29) is 0 Å². The Labute approximate surface area is 101 Å². The molecule has 0 spiro atoms. The Bertz CT molecular complexity index is 527. The van der Waals surface area contributed by atoms with Gasteiger partial charge in [-0.05, 0) is 48.1 Å². The van der Waals surface area contributed by atoms with Crippen LogP contribution in [0.5, 0.6) is 0 Å². The first-order valence-corrected chi connectivity index (χ1v) is 6.16. The zero-order valence-electron chi connectivity index (χ0n) is 9.73. The summed E-state index contributed by atoms with van der Waals surface area (Å²) >= 11 is 0. The summed E-state index contributed by atoms with van der Waals surface area (Å²) in [5.74, 6) is 0. The van der Waals surface area contributed by atoms with Crippen molar-refractivity contribution in [1.82, 2.24) is 0 Å². The van der Waals surface area contributed by atoms with Crippen molar-refractivity contribution >= 4 is 10.8 Å². The highest BCUT2D eigenvalue weighted by Crippen LogP contribution is 2.42. The minimum Gasteiger partial charge on any atom is -0.251 e. The first kappa shape index (κ1) is 10.8. The first-order chi connectivity index (χ1) is 8.34. The van der Waals surface area contributed by atoms with Crippen LogP contribution < -0.4 is 0 Å². The van der Waals surface area contributed by atoms with E-state index in [1.807, 2.05) is 12.1 Å². The predicted octanol–water partition coefficient (Wildman–Crippen LogP) is 4.10. The Morgan fingerprint density at radius 1 is 0.941 bits per heavy atom. The van der Waals surface area contributed by atoms with E-state index in [9.17, 15) is 5.26 Å². The van der Waals surface area contributed by atoms with Crippen molar-refractivity contribution in [2.24, 2.45) is 0 Å². The molecular weight excluding hydrogens is 212 g/mol. The molecule has 1 aliphatic carbocycles. The van der Waals surface area contributed by atoms with Gasteiger partial charge in [0.05, 0.1) is 0 Å². The van der Waals surface area contributed by atoms with E-state index in [0.29, 0.717) is 0 Å². The van der Waals surface area contributed by atoms with Crippen molar-refractivity contribution in [2.45, 2.75) is 31.3 Å². The molecule has 1 saturated carbocycles. The molecule has 0 aliphatic heterocycles.